The van der Waals surface area contributed by atoms with Gasteiger partial charge in [0.1, 0.15) is 11.3 Å². The van der Waals surface area contributed by atoms with Gasteiger partial charge < -0.3 is 16.2 Å². The molecule has 1 amide bonds. The molecule has 0 unspecified atom stereocenters. The number of phenolic OH excluding ortho intramolecular Hbond substituents is 1. The van der Waals surface area contributed by atoms with Gasteiger partial charge in [-0.1, -0.05) is 34.7 Å². The summed E-state index contributed by atoms with van der Waals surface area (Å²) in [4.78, 5) is 16.1. The van der Waals surface area contributed by atoms with E-state index in [9.17, 15) is 9.90 Å². The predicted molar refractivity (Wildman–Crippen MR) is 110 cm³/mol. The quantitative estimate of drug-likeness (QED) is 0.255. The normalized spacial score (nSPS) is 11.0. The van der Waals surface area contributed by atoms with Crippen LogP contribution >= 0.6 is 22.6 Å². The van der Waals surface area contributed by atoms with E-state index in [0.717, 1.165) is 21.2 Å². The average Bonchev–Trinajstić information content (AvgIpc) is 3.04. The number of H-pyrrole nitrogens is 1. The number of hydrogen-bond acceptors (Lipinski definition) is 5. The second-order valence-corrected chi connectivity index (χ2v) is 6.23. The zero-order valence-corrected chi connectivity index (χ0v) is 15.8. The van der Waals surface area contributed by atoms with Gasteiger partial charge >= 0.3 is 0 Å². The monoisotopic (exact) mass is 461 g/mol. The molecule has 132 valence electrons. The highest BCUT2D eigenvalue weighted by molar-refractivity contribution is 14.1. The first-order valence-electron chi connectivity index (χ1n) is 7.70. The van der Waals surface area contributed by atoms with E-state index in [1.165, 1.54) is 0 Å². The van der Waals surface area contributed by atoms with Crippen molar-refractivity contribution in [1.82, 2.24) is 10.2 Å². The van der Waals surface area contributed by atoms with Crippen LogP contribution < -0.4 is 11.1 Å². The van der Waals surface area contributed by atoms with Crippen LogP contribution in [0.1, 0.15) is 21.5 Å². The number of aromatic hydroxyl groups is 1. The van der Waals surface area contributed by atoms with E-state index >= 15 is 0 Å². The number of primary amides is 1. The van der Waals surface area contributed by atoms with Crippen LogP contribution in [-0.4, -0.2) is 27.4 Å². The predicted octanol–water partition coefficient (Wildman–Crippen LogP) is 3.64. The maximum atomic E-state index is 11.9. The van der Waals surface area contributed by atoms with E-state index < -0.39 is 5.91 Å². The van der Waals surface area contributed by atoms with Crippen LogP contribution in [0.3, 0.4) is 0 Å². The van der Waals surface area contributed by atoms with Gasteiger partial charge in [-0.15, -0.1) is 0 Å². The van der Waals surface area contributed by atoms with E-state index in [4.69, 9.17) is 5.73 Å². The van der Waals surface area contributed by atoms with Crippen LogP contribution in [-0.2, 0) is 4.43 Å². The Bertz CT molecular complexity index is 950. The largest absolute Gasteiger partial charge is 0.508 e. The molecule has 8 heteroatoms. The summed E-state index contributed by atoms with van der Waals surface area (Å²) in [5.74, 6) is 0.116. The molecule has 0 aliphatic heterocycles. The minimum atomic E-state index is -0.635. The summed E-state index contributed by atoms with van der Waals surface area (Å²) in [7, 11) is 0. The average molecular weight is 461 g/mol. The molecule has 5 N–H and O–H groups in total. The fourth-order valence-corrected chi connectivity index (χ4v) is 2.79. The van der Waals surface area contributed by atoms with Gasteiger partial charge in [0.05, 0.1) is 0 Å². The summed E-state index contributed by atoms with van der Waals surface area (Å²) in [6.45, 7) is 0. The minimum Gasteiger partial charge on any atom is -0.508 e. The van der Waals surface area contributed by atoms with Gasteiger partial charge in [-0.25, -0.2) is 4.99 Å². The van der Waals surface area contributed by atoms with E-state index in [2.05, 4.69) is 43.1 Å². The zero-order valence-electron chi connectivity index (χ0n) is 13.6. The number of benzene rings is 2. The summed E-state index contributed by atoms with van der Waals surface area (Å²) in [5.41, 5.74) is 8.41. The minimum absolute atomic E-state index is 0.168. The summed E-state index contributed by atoms with van der Waals surface area (Å²) in [5, 5.41) is 19.3. The number of anilines is 2. The van der Waals surface area contributed by atoms with Crippen LogP contribution in [0.4, 0.5) is 17.3 Å². The number of carbonyl (C=O) groups excluding carboxylic acids is 1. The lowest BCUT2D eigenvalue weighted by molar-refractivity contribution is 0.100. The Morgan fingerprint density at radius 3 is 2.77 bits per heavy atom. The topological polar surface area (TPSA) is 116 Å². The van der Waals surface area contributed by atoms with Crippen LogP contribution in [0.5, 0.6) is 5.75 Å². The molecule has 1 heterocycles. The number of nitrogens with zero attached hydrogens (tertiary/aromatic N) is 2. The van der Waals surface area contributed by atoms with Crippen molar-refractivity contribution in [2.75, 3.05) is 5.32 Å². The second-order valence-electron chi connectivity index (χ2n) is 5.47. The molecule has 26 heavy (non-hydrogen) atoms. The summed E-state index contributed by atoms with van der Waals surface area (Å²) in [6.07, 6.45) is 1.56. The molecule has 7 nitrogen and oxygen atoms in total. The number of carbonyl (C=O) groups is 1. The van der Waals surface area contributed by atoms with Crippen molar-refractivity contribution in [1.29, 1.82) is 0 Å². The van der Waals surface area contributed by atoms with Gasteiger partial charge in [0, 0.05) is 16.3 Å². The number of phenols is 1. The first kappa shape index (κ1) is 17.9. The number of nitrogens with one attached hydrogen (secondary N) is 2. The smallest absolute Gasteiger partial charge is 0.256 e. The Morgan fingerprint density at radius 2 is 2.08 bits per heavy atom. The van der Waals surface area contributed by atoms with Crippen molar-refractivity contribution in [3.05, 3.63) is 65.2 Å². The van der Waals surface area contributed by atoms with Gasteiger partial charge in [0.2, 0.25) is 0 Å². The second kappa shape index (κ2) is 8.00. The number of hydrogen-bond donors (Lipinski definition) is 4. The molecule has 0 atom stereocenters. The van der Waals surface area contributed by atoms with E-state index in [0.29, 0.717) is 5.82 Å². The maximum absolute atomic E-state index is 11.9. The summed E-state index contributed by atoms with van der Waals surface area (Å²) in [6, 6.07) is 14.3. The molecule has 0 fully saturated rings. The molecular formula is C18H16IN5O2. The van der Waals surface area contributed by atoms with Gasteiger partial charge in [-0.05, 0) is 47.5 Å². The fourth-order valence-electron chi connectivity index (χ4n) is 2.32. The Labute approximate surface area is 163 Å². The fraction of sp³-hybridized carbons (Fsp3) is 0.0556. The van der Waals surface area contributed by atoms with Gasteiger partial charge in [0.25, 0.3) is 5.91 Å². The third kappa shape index (κ3) is 4.20. The number of aliphatic imine (C=N–C) groups is 1. The van der Waals surface area contributed by atoms with Crippen molar-refractivity contribution < 1.29 is 9.90 Å². The highest BCUT2D eigenvalue weighted by Gasteiger charge is 2.18. The van der Waals surface area contributed by atoms with E-state index in [1.807, 2.05) is 24.3 Å². The zero-order chi connectivity index (χ0) is 18.5. The van der Waals surface area contributed by atoms with Gasteiger partial charge in [0.15, 0.2) is 11.6 Å². The van der Waals surface area contributed by atoms with Crippen molar-refractivity contribution in [2.24, 2.45) is 10.7 Å². The molecule has 1 aromatic heterocycles. The van der Waals surface area contributed by atoms with Crippen molar-refractivity contribution >= 4 is 52.0 Å². The van der Waals surface area contributed by atoms with Crippen LogP contribution in [0.25, 0.3) is 0 Å². The molecule has 0 aliphatic carbocycles. The molecule has 3 aromatic rings. The Kier molecular flexibility index (Phi) is 5.52. The molecule has 2 aromatic carbocycles. The Morgan fingerprint density at radius 1 is 1.31 bits per heavy atom. The van der Waals surface area contributed by atoms with Crippen LogP contribution in [0, 0.1) is 0 Å². The molecule has 0 bridgehead atoms. The number of nitrogens with two attached hydrogens (primary N) is 1. The molecule has 0 radical (unpaired) electrons. The number of aromatic amines is 1. The maximum Gasteiger partial charge on any atom is 0.256 e. The lowest BCUT2D eigenvalue weighted by Gasteiger charge is -2.06. The molecule has 0 aliphatic rings. The lowest BCUT2D eigenvalue weighted by Crippen LogP contribution is -2.12. The Hall–Kier alpha value is -2.88. The Balaban J connectivity index is 1.88. The first-order valence-corrected chi connectivity index (χ1v) is 9.22. The standard InChI is InChI=1S/C18H16IN5O2/c19-9-12-2-1-3-13(8-12)22-18-15(16(20)26)17(23-24-18)21-10-11-4-6-14(25)7-5-11/h1-8,10,25H,9H2,(H2,20,26)(H2,22,23,24)/b21-10+. The SMILES string of the molecule is NC(=O)c1c(Nc2cccc(CI)c2)n[nH]c1/N=C/c1ccc(O)cc1. The number of amides is 1. The molecular weight excluding hydrogens is 445 g/mol. The number of alkyl halides is 1. The highest BCUT2D eigenvalue weighted by atomic mass is 127. The molecule has 3 rings (SSSR count). The number of halogens is 1. The van der Waals surface area contributed by atoms with Gasteiger partial charge in [-0.2, -0.15) is 5.10 Å². The molecule has 0 spiro atoms. The van der Waals surface area contributed by atoms with Crippen molar-refractivity contribution in [3.8, 4) is 5.75 Å². The van der Waals surface area contributed by atoms with Gasteiger partial charge in [-0.3, -0.25) is 9.89 Å². The summed E-state index contributed by atoms with van der Waals surface area (Å²) >= 11 is 2.28. The van der Waals surface area contributed by atoms with E-state index in [1.54, 1.807) is 30.5 Å². The number of aromatic nitrogens is 2. The lowest BCUT2D eigenvalue weighted by atomic mass is 10.2. The highest BCUT2D eigenvalue weighted by Crippen LogP contribution is 2.27. The van der Waals surface area contributed by atoms with E-state index in [-0.39, 0.29) is 17.1 Å². The number of rotatable bonds is 6. The van der Waals surface area contributed by atoms with Crippen LogP contribution in [0.15, 0.2) is 53.5 Å². The van der Waals surface area contributed by atoms with Crippen LogP contribution in [0.2, 0.25) is 0 Å². The van der Waals surface area contributed by atoms with Crippen molar-refractivity contribution in [2.45, 2.75) is 4.43 Å². The third-order valence-electron chi connectivity index (χ3n) is 3.57. The first-order chi connectivity index (χ1) is 12.6. The molecule has 0 saturated heterocycles. The third-order valence-corrected chi connectivity index (χ3v) is 4.45. The van der Waals surface area contributed by atoms with Crippen molar-refractivity contribution in [3.63, 3.8) is 0 Å². The molecule has 0 saturated carbocycles. The summed E-state index contributed by atoms with van der Waals surface area (Å²) < 4.78 is 0.874.